The highest BCUT2D eigenvalue weighted by atomic mass is 16.6. The van der Waals surface area contributed by atoms with Crippen LogP contribution in [0.3, 0.4) is 0 Å². The Hall–Kier alpha value is -1.59. The van der Waals surface area contributed by atoms with Crippen molar-refractivity contribution in [1.82, 2.24) is 5.32 Å². The second kappa shape index (κ2) is 12.8. The van der Waals surface area contributed by atoms with Gasteiger partial charge in [0.05, 0.1) is 6.04 Å². The third kappa shape index (κ3) is 11.9. The molecule has 0 heterocycles. The van der Waals surface area contributed by atoms with Crippen molar-refractivity contribution in [3.05, 3.63) is 35.4 Å². The molecule has 0 aliphatic carbocycles. The minimum absolute atomic E-state index is 0.0992. The van der Waals surface area contributed by atoms with E-state index in [4.69, 9.17) is 15.6 Å². The highest BCUT2D eigenvalue weighted by Crippen LogP contribution is 2.16. The summed E-state index contributed by atoms with van der Waals surface area (Å²) in [6.07, 6.45) is 0.426. The number of hydrogen-bond donors (Lipinski definition) is 3. The highest BCUT2D eigenvalue weighted by Gasteiger charge is 2.18. The first-order valence-electron chi connectivity index (χ1n) is 8.46. The number of carbonyl (C=O) groups excluding carboxylic acids is 1. The van der Waals surface area contributed by atoms with Crippen LogP contribution in [0.2, 0.25) is 0 Å². The summed E-state index contributed by atoms with van der Waals surface area (Å²) >= 11 is 0. The van der Waals surface area contributed by atoms with Crippen LogP contribution < -0.4 is 11.1 Å². The summed E-state index contributed by atoms with van der Waals surface area (Å²) in [6.45, 7) is 13.5. The molecule has 0 aliphatic rings. The summed E-state index contributed by atoms with van der Waals surface area (Å²) in [6, 6.07) is 8.13. The Kier molecular flexibility index (Phi) is 13.1. The van der Waals surface area contributed by atoms with Gasteiger partial charge < -0.3 is 20.9 Å². The molecule has 0 aromatic heterocycles. The van der Waals surface area contributed by atoms with Crippen LogP contribution in [0.1, 0.15) is 65.6 Å². The Morgan fingerprint density at radius 2 is 1.79 bits per heavy atom. The first kappa shape index (κ1) is 24.7. The van der Waals surface area contributed by atoms with Crippen LogP contribution in [-0.2, 0) is 11.2 Å². The lowest BCUT2D eigenvalue weighted by atomic mass is 10.0. The topological polar surface area (TPSA) is 84.6 Å². The number of carbonyl (C=O) groups is 1. The second-order valence-corrected chi connectivity index (χ2v) is 6.29. The number of aliphatic hydroxyl groups excluding tert-OH is 1. The van der Waals surface area contributed by atoms with Gasteiger partial charge in [0.2, 0.25) is 0 Å². The Bertz CT molecular complexity index is 454. The van der Waals surface area contributed by atoms with Gasteiger partial charge in [-0.05, 0) is 52.2 Å². The summed E-state index contributed by atoms with van der Waals surface area (Å²) in [5.74, 6) is 0. The monoisotopic (exact) mass is 340 g/mol. The molecule has 5 nitrogen and oxygen atoms in total. The van der Waals surface area contributed by atoms with Crippen molar-refractivity contribution < 1.29 is 14.6 Å². The lowest BCUT2D eigenvalue weighted by Crippen LogP contribution is -2.34. The molecule has 0 saturated heterocycles. The first-order valence-corrected chi connectivity index (χ1v) is 8.46. The largest absolute Gasteiger partial charge is 0.444 e. The average Bonchev–Trinajstić information content (AvgIpc) is 2.49. The van der Waals surface area contributed by atoms with Crippen LogP contribution >= 0.6 is 0 Å². The van der Waals surface area contributed by atoms with Gasteiger partial charge in [-0.1, -0.05) is 38.1 Å². The fourth-order valence-corrected chi connectivity index (χ4v) is 1.93. The molecule has 0 aliphatic heterocycles. The predicted octanol–water partition coefficient (Wildman–Crippen LogP) is 3.80. The Balaban J connectivity index is 0. The van der Waals surface area contributed by atoms with Crippen LogP contribution in [0, 0.1) is 0 Å². The number of nitrogens with one attached hydrogen (secondary N) is 1. The molecular weight excluding hydrogens is 304 g/mol. The van der Waals surface area contributed by atoms with Gasteiger partial charge in [-0.2, -0.15) is 0 Å². The maximum absolute atomic E-state index is 11.8. The third-order valence-electron chi connectivity index (χ3n) is 2.74. The summed E-state index contributed by atoms with van der Waals surface area (Å²) < 4.78 is 5.25. The number of alkyl carbamates (subject to hydrolysis) is 1. The maximum Gasteiger partial charge on any atom is 0.408 e. The van der Waals surface area contributed by atoms with Gasteiger partial charge in [0, 0.05) is 13.2 Å². The molecule has 1 amide bonds. The van der Waals surface area contributed by atoms with Crippen LogP contribution in [0.4, 0.5) is 4.79 Å². The molecule has 0 saturated carbocycles. The van der Waals surface area contributed by atoms with Crippen molar-refractivity contribution >= 4 is 6.09 Å². The molecule has 4 N–H and O–H groups in total. The Morgan fingerprint density at radius 1 is 1.25 bits per heavy atom. The summed E-state index contributed by atoms with van der Waals surface area (Å²) in [5, 5.41) is 9.84. The Morgan fingerprint density at radius 3 is 2.25 bits per heavy atom. The molecule has 1 rings (SSSR count). The van der Waals surface area contributed by atoms with Crippen LogP contribution in [0.25, 0.3) is 0 Å². The van der Waals surface area contributed by atoms with E-state index in [-0.39, 0.29) is 12.1 Å². The average molecular weight is 341 g/mol. The predicted molar refractivity (Wildman–Crippen MR) is 101 cm³/mol. The van der Waals surface area contributed by atoms with Crippen molar-refractivity contribution in [2.24, 2.45) is 5.73 Å². The van der Waals surface area contributed by atoms with Crippen LogP contribution in [0.5, 0.6) is 0 Å². The van der Waals surface area contributed by atoms with Crippen molar-refractivity contribution in [3.63, 3.8) is 0 Å². The van der Waals surface area contributed by atoms with E-state index >= 15 is 0 Å². The van der Waals surface area contributed by atoms with E-state index < -0.39 is 11.7 Å². The lowest BCUT2D eigenvalue weighted by molar-refractivity contribution is 0.0508. The van der Waals surface area contributed by atoms with E-state index in [0.717, 1.165) is 19.1 Å². The maximum atomic E-state index is 11.8. The zero-order valence-corrected chi connectivity index (χ0v) is 16.5. The highest BCUT2D eigenvalue weighted by molar-refractivity contribution is 5.68. The molecular formula is C19H36N2O3. The van der Waals surface area contributed by atoms with Gasteiger partial charge >= 0.3 is 6.09 Å². The second-order valence-electron chi connectivity index (χ2n) is 6.29. The lowest BCUT2D eigenvalue weighted by Gasteiger charge is -2.22. The van der Waals surface area contributed by atoms with Gasteiger partial charge in [-0.25, -0.2) is 4.79 Å². The third-order valence-corrected chi connectivity index (χ3v) is 2.74. The van der Waals surface area contributed by atoms with E-state index in [0.29, 0.717) is 0 Å². The fraction of sp³-hybridized carbons (Fsp3) is 0.632. The fourth-order valence-electron chi connectivity index (χ4n) is 1.93. The van der Waals surface area contributed by atoms with E-state index in [9.17, 15) is 4.79 Å². The molecule has 2 atom stereocenters. The van der Waals surface area contributed by atoms with Crippen molar-refractivity contribution in [2.45, 2.75) is 72.6 Å². The van der Waals surface area contributed by atoms with Crippen LogP contribution in [0.15, 0.2) is 24.3 Å². The SMILES string of the molecule is CC.CC(N)Cc1cccc(C(C)NC(=O)OC(C)(C)C)c1.CO. The van der Waals surface area contributed by atoms with Crippen molar-refractivity contribution in [1.29, 1.82) is 0 Å². The molecule has 0 bridgehead atoms. The van der Waals surface area contributed by atoms with Gasteiger partial charge in [-0.15, -0.1) is 0 Å². The summed E-state index contributed by atoms with van der Waals surface area (Å²) in [5.41, 5.74) is 7.55. The van der Waals surface area contributed by atoms with E-state index in [1.165, 1.54) is 5.56 Å². The number of rotatable bonds is 4. The van der Waals surface area contributed by atoms with Gasteiger partial charge in [-0.3, -0.25) is 0 Å². The smallest absolute Gasteiger partial charge is 0.408 e. The van der Waals surface area contributed by atoms with E-state index in [1.54, 1.807) is 0 Å². The molecule has 24 heavy (non-hydrogen) atoms. The minimum Gasteiger partial charge on any atom is -0.444 e. The number of hydrogen-bond acceptors (Lipinski definition) is 4. The van der Waals surface area contributed by atoms with Crippen LogP contribution in [-0.4, -0.2) is 30.0 Å². The standard InChI is InChI=1S/C16H26N2O2.C2H6.CH4O/c1-11(17)9-13-7-6-8-14(10-13)12(2)18-15(19)20-16(3,4)5;2*1-2/h6-8,10-12H,9,17H2,1-5H3,(H,18,19);1-2H3;2H,1H3. The number of amides is 1. The summed E-state index contributed by atoms with van der Waals surface area (Å²) in [4.78, 5) is 11.8. The quantitative estimate of drug-likeness (QED) is 0.778. The van der Waals surface area contributed by atoms with Gasteiger partial charge in [0.15, 0.2) is 0 Å². The molecule has 140 valence electrons. The Labute approximate surface area is 147 Å². The number of nitrogens with two attached hydrogens (primary N) is 1. The first-order chi connectivity index (χ1) is 11.2. The molecule has 1 aromatic rings. The van der Waals surface area contributed by atoms with Crippen molar-refractivity contribution in [3.8, 4) is 0 Å². The molecule has 1 aromatic carbocycles. The van der Waals surface area contributed by atoms with E-state index in [1.807, 2.05) is 66.7 Å². The number of benzene rings is 1. The van der Waals surface area contributed by atoms with E-state index in [2.05, 4.69) is 11.4 Å². The molecule has 0 spiro atoms. The number of ether oxygens (including phenoxy) is 1. The molecule has 2 unspecified atom stereocenters. The van der Waals surface area contributed by atoms with Gasteiger partial charge in [0.1, 0.15) is 5.60 Å². The molecule has 0 radical (unpaired) electrons. The zero-order chi connectivity index (χ0) is 19.3. The number of aliphatic hydroxyl groups is 1. The minimum atomic E-state index is -0.485. The normalized spacial score (nSPS) is 12.6. The molecule has 5 heteroatoms. The zero-order valence-electron chi connectivity index (χ0n) is 16.5. The van der Waals surface area contributed by atoms with Crippen molar-refractivity contribution in [2.75, 3.05) is 7.11 Å². The summed E-state index contributed by atoms with van der Waals surface area (Å²) in [7, 11) is 1.00. The molecule has 0 fully saturated rings. The van der Waals surface area contributed by atoms with Gasteiger partial charge in [0.25, 0.3) is 0 Å².